The molecule has 0 bridgehead atoms. The van der Waals surface area contributed by atoms with E-state index in [1.54, 1.807) is 19.9 Å². The lowest BCUT2D eigenvalue weighted by Gasteiger charge is -2.13. The largest absolute Gasteiger partial charge is 0.480 e. The van der Waals surface area contributed by atoms with Gasteiger partial charge in [0.25, 0.3) is 0 Å². The van der Waals surface area contributed by atoms with Crippen molar-refractivity contribution in [3.8, 4) is 0 Å². The van der Waals surface area contributed by atoms with Gasteiger partial charge in [0.1, 0.15) is 6.04 Å². The first-order chi connectivity index (χ1) is 7.38. The molecule has 0 rings (SSSR count). The van der Waals surface area contributed by atoms with E-state index in [-0.39, 0.29) is 12.8 Å². The molecule has 0 spiro atoms. The minimum absolute atomic E-state index is 0.00655. The van der Waals surface area contributed by atoms with Crippen LogP contribution in [0.5, 0.6) is 0 Å². The van der Waals surface area contributed by atoms with Crippen molar-refractivity contribution < 1.29 is 19.5 Å². The van der Waals surface area contributed by atoms with Gasteiger partial charge in [-0.1, -0.05) is 6.08 Å². The summed E-state index contributed by atoms with van der Waals surface area (Å²) in [5, 5.41) is 11.1. The Labute approximate surface area is 93.5 Å². The first kappa shape index (κ1) is 14.2. The molecule has 0 aromatic rings. The normalized spacial score (nSPS) is 13.0. The third-order valence-corrected chi connectivity index (χ3v) is 2.07. The van der Waals surface area contributed by atoms with Crippen molar-refractivity contribution >= 4 is 17.8 Å². The summed E-state index contributed by atoms with van der Waals surface area (Å²) in [5.41, 5.74) is 5.32. The quantitative estimate of drug-likeness (QED) is 0.546. The molecule has 0 radical (unpaired) electrons. The zero-order valence-corrected chi connectivity index (χ0v) is 9.32. The lowest BCUT2D eigenvalue weighted by molar-refractivity contribution is -0.141. The lowest BCUT2D eigenvalue weighted by Crippen LogP contribution is -2.41. The van der Waals surface area contributed by atoms with E-state index in [0.29, 0.717) is 5.57 Å². The number of primary amides is 1. The number of amides is 2. The number of allylic oxidation sites excluding steroid dienone is 1. The van der Waals surface area contributed by atoms with Crippen LogP contribution in [0.15, 0.2) is 11.6 Å². The van der Waals surface area contributed by atoms with Crippen molar-refractivity contribution in [2.24, 2.45) is 5.73 Å². The molecule has 0 aliphatic rings. The molecule has 0 aromatic carbocycles. The maximum Gasteiger partial charge on any atom is 0.326 e. The molecular weight excluding hydrogens is 212 g/mol. The summed E-state index contributed by atoms with van der Waals surface area (Å²) in [6, 6.07) is -1.09. The monoisotopic (exact) mass is 228 g/mol. The first-order valence-electron chi connectivity index (χ1n) is 4.83. The Morgan fingerprint density at radius 2 is 2.00 bits per heavy atom. The van der Waals surface area contributed by atoms with Crippen LogP contribution in [0.1, 0.15) is 26.7 Å². The number of nitrogens with two attached hydrogens (primary N) is 1. The van der Waals surface area contributed by atoms with Gasteiger partial charge in [-0.2, -0.15) is 0 Å². The maximum absolute atomic E-state index is 11.4. The SMILES string of the molecule is C/C=C(\C)C(=O)NC(CCC(N)=O)C(=O)O. The molecule has 0 fully saturated rings. The fourth-order valence-electron chi connectivity index (χ4n) is 0.947. The van der Waals surface area contributed by atoms with Crippen LogP contribution in [-0.2, 0) is 14.4 Å². The number of carbonyl (C=O) groups is 3. The molecule has 0 saturated heterocycles. The third kappa shape index (κ3) is 5.14. The van der Waals surface area contributed by atoms with Gasteiger partial charge in [0, 0.05) is 12.0 Å². The number of aliphatic carboxylic acids is 1. The van der Waals surface area contributed by atoms with Crippen molar-refractivity contribution in [1.82, 2.24) is 5.32 Å². The smallest absolute Gasteiger partial charge is 0.326 e. The van der Waals surface area contributed by atoms with E-state index in [9.17, 15) is 14.4 Å². The Hall–Kier alpha value is -1.85. The topological polar surface area (TPSA) is 109 Å². The minimum atomic E-state index is -1.18. The van der Waals surface area contributed by atoms with Gasteiger partial charge in [-0.25, -0.2) is 4.79 Å². The molecule has 0 heterocycles. The summed E-state index contributed by atoms with van der Waals surface area (Å²) in [6.45, 7) is 3.25. The third-order valence-electron chi connectivity index (χ3n) is 2.07. The van der Waals surface area contributed by atoms with Crippen LogP contribution in [0, 0.1) is 0 Å². The molecule has 90 valence electrons. The van der Waals surface area contributed by atoms with Gasteiger partial charge >= 0.3 is 5.97 Å². The minimum Gasteiger partial charge on any atom is -0.480 e. The van der Waals surface area contributed by atoms with E-state index in [0.717, 1.165) is 0 Å². The second kappa shape index (κ2) is 6.60. The van der Waals surface area contributed by atoms with E-state index < -0.39 is 23.8 Å². The van der Waals surface area contributed by atoms with E-state index in [4.69, 9.17) is 10.8 Å². The highest BCUT2D eigenvalue weighted by Crippen LogP contribution is 2.00. The molecule has 0 aromatic heterocycles. The van der Waals surface area contributed by atoms with Crippen molar-refractivity contribution in [1.29, 1.82) is 0 Å². The second-order valence-electron chi connectivity index (χ2n) is 3.34. The van der Waals surface area contributed by atoms with Gasteiger partial charge in [0.15, 0.2) is 0 Å². The number of carboxylic acid groups (broad SMARTS) is 1. The summed E-state index contributed by atoms with van der Waals surface area (Å²) in [6.07, 6.45) is 1.49. The fourth-order valence-corrected chi connectivity index (χ4v) is 0.947. The van der Waals surface area contributed by atoms with E-state index in [1.807, 2.05) is 0 Å². The molecule has 6 heteroatoms. The second-order valence-corrected chi connectivity index (χ2v) is 3.34. The highest BCUT2D eigenvalue weighted by molar-refractivity contribution is 5.95. The van der Waals surface area contributed by atoms with Gasteiger partial charge in [0.2, 0.25) is 11.8 Å². The van der Waals surface area contributed by atoms with Crippen molar-refractivity contribution in [2.45, 2.75) is 32.7 Å². The van der Waals surface area contributed by atoms with E-state index in [2.05, 4.69) is 5.32 Å². The lowest BCUT2D eigenvalue weighted by atomic mass is 10.1. The highest BCUT2D eigenvalue weighted by Gasteiger charge is 2.20. The Balaban J connectivity index is 4.40. The van der Waals surface area contributed by atoms with Crippen LogP contribution in [-0.4, -0.2) is 28.9 Å². The molecule has 0 aliphatic heterocycles. The molecule has 0 saturated carbocycles. The molecule has 6 nitrogen and oxygen atoms in total. The summed E-state index contributed by atoms with van der Waals surface area (Å²) >= 11 is 0. The molecule has 2 amide bonds. The summed E-state index contributed by atoms with van der Waals surface area (Å²) < 4.78 is 0. The van der Waals surface area contributed by atoms with Crippen LogP contribution < -0.4 is 11.1 Å². The van der Waals surface area contributed by atoms with Crippen LogP contribution in [0.3, 0.4) is 0 Å². The Bertz CT molecular complexity index is 323. The van der Waals surface area contributed by atoms with Crippen LogP contribution >= 0.6 is 0 Å². The van der Waals surface area contributed by atoms with Gasteiger partial charge in [-0.05, 0) is 20.3 Å². The number of hydrogen-bond donors (Lipinski definition) is 3. The molecule has 0 aliphatic carbocycles. The molecule has 16 heavy (non-hydrogen) atoms. The Morgan fingerprint density at radius 1 is 1.44 bits per heavy atom. The van der Waals surface area contributed by atoms with Gasteiger partial charge in [-0.3, -0.25) is 9.59 Å². The number of hydrogen-bond acceptors (Lipinski definition) is 3. The maximum atomic E-state index is 11.4. The van der Waals surface area contributed by atoms with Crippen molar-refractivity contribution in [3.63, 3.8) is 0 Å². The van der Waals surface area contributed by atoms with Crippen molar-refractivity contribution in [3.05, 3.63) is 11.6 Å². The number of nitrogens with one attached hydrogen (secondary N) is 1. The number of carboxylic acids is 1. The van der Waals surface area contributed by atoms with Crippen LogP contribution in [0.25, 0.3) is 0 Å². The summed E-state index contributed by atoms with van der Waals surface area (Å²) in [7, 11) is 0. The molecule has 1 atom stereocenters. The zero-order valence-electron chi connectivity index (χ0n) is 9.32. The van der Waals surface area contributed by atoms with Gasteiger partial charge in [0.05, 0.1) is 0 Å². The predicted octanol–water partition coefficient (Wildman–Crippen LogP) is -0.212. The average molecular weight is 228 g/mol. The first-order valence-corrected chi connectivity index (χ1v) is 4.83. The summed E-state index contributed by atoms with van der Waals surface area (Å²) in [4.78, 5) is 32.7. The molecule has 4 N–H and O–H groups in total. The van der Waals surface area contributed by atoms with Crippen LogP contribution in [0.4, 0.5) is 0 Å². The summed E-state index contributed by atoms with van der Waals surface area (Å²) in [5.74, 6) is -2.24. The van der Waals surface area contributed by atoms with Gasteiger partial charge < -0.3 is 16.2 Å². The van der Waals surface area contributed by atoms with Gasteiger partial charge in [-0.15, -0.1) is 0 Å². The Kier molecular flexibility index (Phi) is 5.84. The molecule has 1 unspecified atom stereocenters. The highest BCUT2D eigenvalue weighted by atomic mass is 16.4. The standard InChI is InChI=1S/C10H16N2O4/c1-3-6(2)9(14)12-7(10(15)16)4-5-8(11)13/h3,7H,4-5H2,1-2H3,(H2,11,13)(H,12,14)(H,15,16)/b6-3+. The van der Waals surface area contributed by atoms with Crippen LogP contribution in [0.2, 0.25) is 0 Å². The predicted molar refractivity (Wildman–Crippen MR) is 57.4 cm³/mol. The van der Waals surface area contributed by atoms with E-state index in [1.165, 1.54) is 0 Å². The molecular formula is C10H16N2O4. The fraction of sp³-hybridized carbons (Fsp3) is 0.500. The Morgan fingerprint density at radius 3 is 2.38 bits per heavy atom. The number of rotatable bonds is 6. The van der Waals surface area contributed by atoms with E-state index >= 15 is 0 Å². The van der Waals surface area contributed by atoms with Crippen molar-refractivity contribution in [2.75, 3.05) is 0 Å². The average Bonchev–Trinajstić information content (AvgIpc) is 2.21. The number of carbonyl (C=O) groups excluding carboxylic acids is 2. The zero-order chi connectivity index (χ0) is 12.7.